The maximum absolute atomic E-state index is 13.4. The topological polar surface area (TPSA) is 112 Å². The van der Waals surface area contributed by atoms with Crippen molar-refractivity contribution in [2.24, 2.45) is 5.92 Å². The van der Waals surface area contributed by atoms with Crippen molar-refractivity contribution in [2.75, 3.05) is 29.0 Å². The lowest BCUT2D eigenvalue weighted by Gasteiger charge is -2.18. The summed E-state index contributed by atoms with van der Waals surface area (Å²) < 4.78 is 47.0. The Morgan fingerprint density at radius 2 is 1.72 bits per heavy atom. The van der Waals surface area contributed by atoms with Crippen LogP contribution in [-0.2, 0) is 23.9 Å². The van der Waals surface area contributed by atoms with Gasteiger partial charge < -0.3 is 16.0 Å². The molecular weight excluding hydrogens is 477 g/mol. The van der Waals surface area contributed by atoms with E-state index in [0.29, 0.717) is 18.0 Å². The molecule has 0 saturated carbocycles. The number of hydrogen-bond acceptors (Lipinski definition) is 5. The number of carbonyl (C=O) groups excluding carboxylic acids is 2. The van der Waals surface area contributed by atoms with Crippen molar-refractivity contribution in [3.05, 3.63) is 65.9 Å². The van der Waals surface area contributed by atoms with Crippen LogP contribution in [-0.4, -0.2) is 30.3 Å². The molecule has 2 aromatic carbocycles. The minimum absolute atomic E-state index is 0.0107. The lowest BCUT2D eigenvalue weighted by molar-refractivity contribution is -0.767. The van der Waals surface area contributed by atoms with Gasteiger partial charge in [-0.25, -0.2) is 4.79 Å². The molecule has 0 atom stereocenters. The number of nitrogens with one attached hydrogen (secondary N) is 4. The molecule has 190 valence electrons. The first-order valence-electron chi connectivity index (χ1n) is 11.5. The molecule has 4 N–H and O–H groups in total. The van der Waals surface area contributed by atoms with E-state index >= 15 is 0 Å². The fraction of sp³-hybridized carbons (Fsp3) is 0.333. The molecule has 3 aromatic rings. The predicted molar refractivity (Wildman–Crippen MR) is 125 cm³/mol. The predicted octanol–water partition coefficient (Wildman–Crippen LogP) is 3.81. The highest BCUT2D eigenvalue weighted by Crippen LogP contribution is 2.33. The third-order valence-electron chi connectivity index (χ3n) is 5.66. The van der Waals surface area contributed by atoms with Crippen molar-refractivity contribution in [3.8, 4) is 0 Å². The van der Waals surface area contributed by atoms with E-state index < -0.39 is 23.7 Å². The van der Waals surface area contributed by atoms with Crippen LogP contribution >= 0.6 is 0 Å². The number of piperidine rings is 1. The molecule has 1 aliphatic rings. The largest absolute Gasteiger partial charge is 0.416 e. The van der Waals surface area contributed by atoms with Gasteiger partial charge in [0.2, 0.25) is 11.2 Å². The van der Waals surface area contributed by atoms with Crippen LogP contribution in [0, 0.1) is 5.92 Å². The van der Waals surface area contributed by atoms with E-state index in [1.54, 1.807) is 35.0 Å². The second kappa shape index (κ2) is 11.2. The van der Waals surface area contributed by atoms with Gasteiger partial charge in [0, 0.05) is 17.3 Å². The number of benzene rings is 2. The van der Waals surface area contributed by atoms with Crippen LogP contribution in [0.2, 0.25) is 0 Å². The first kappa shape index (κ1) is 25.2. The Bertz CT molecular complexity index is 1190. The van der Waals surface area contributed by atoms with Gasteiger partial charge in [-0.1, -0.05) is 35.0 Å². The van der Waals surface area contributed by atoms with Crippen molar-refractivity contribution in [1.29, 1.82) is 0 Å². The summed E-state index contributed by atoms with van der Waals surface area (Å²) in [5, 5.41) is 14.4. The smallest absolute Gasteiger partial charge is 0.326 e. The third-order valence-corrected chi connectivity index (χ3v) is 5.66. The third kappa shape index (κ3) is 7.28. The maximum atomic E-state index is 13.4. The Morgan fingerprint density at radius 1 is 1.03 bits per heavy atom. The minimum Gasteiger partial charge on any atom is -0.326 e. The number of nitrogens with zero attached hydrogens (tertiary/aromatic N) is 2. The van der Waals surface area contributed by atoms with Crippen molar-refractivity contribution in [2.45, 2.75) is 32.0 Å². The van der Waals surface area contributed by atoms with E-state index in [0.717, 1.165) is 38.1 Å². The second-order valence-electron chi connectivity index (χ2n) is 8.57. The standard InChI is InChI=1S/C24H25F3N6O3/c25-24(26,27)18-11-19(29-21(34)10-16-4-2-1-3-5-16)13-20(12-18)30-23(35)31-22-15-33(32-36-22)14-17-6-8-28-9-7-17/h1-5,11-13,15,17,28H,6-10,14H2,(H2-,29,30,31,32,34,35)/p+1. The molecule has 1 aromatic heterocycles. The highest BCUT2D eigenvalue weighted by Gasteiger charge is 2.31. The Labute approximate surface area is 205 Å². The first-order valence-corrected chi connectivity index (χ1v) is 11.5. The van der Waals surface area contributed by atoms with Crippen LogP contribution in [0.15, 0.2) is 59.3 Å². The minimum atomic E-state index is -4.68. The molecule has 36 heavy (non-hydrogen) atoms. The maximum Gasteiger partial charge on any atom is 0.416 e. The summed E-state index contributed by atoms with van der Waals surface area (Å²) in [4.78, 5) is 24.8. The van der Waals surface area contributed by atoms with Gasteiger partial charge in [-0.3, -0.25) is 14.6 Å². The molecular formula is C24H26F3N6O3+. The molecule has 0 aliphatic carbocycles. The van der Waals surface area contributed by atoms with Crippen molar-refractivity contribution in [1.82, 2.24) is 10.6 Å². The summed E-state index contributed by atoms with van der Waals surface area (Å²) in [6.45, 7) is 2.50. The van der Waals surface area contributed by atoms with Crippen molar-refractivity contribution >= 4 is 29.2 Å². The Balaban J connectivity index is 1.40. The van der Waals surface area contributed by atoms with E-state index in [2.05, 4.69) is 26.5 Å². The summed E-state index contributed by atoms with van der Waals surface area (Å²) in [5.74, 6) is -0.00987. The monoisotopic (exact) mass is 503 g/mol. The second-order valence-corrected chi connectivity index (χ2v) is 8.57. The van der Waals surface area contributed by atoms with E-state index in [4.69, 9.17) is 4.52 Å². The summed E-state index contributed by atoms with van der Waals surface area (Å²) >= 11 is 0. The van der Waals surface area contributed by atoms with E-state index in [9.17, 15) is 22.8 Å². The fourth-order valence-corrected chi connectivity index (χ4v) is 3.95. The molecule has 4 rings (SSSR count). The molecule has 3 amide bonds. The zero-order chi connectivity index (χ0) is 25.5. The normalized spacial score (nSPS) is 14.3. The van der Waals surface area contributed by atoms with Gasteiger partial charge in [-0.15, -0.1) is 0 Å². The molecule has 1 aliphatic heterocycles. The number of aromatic nitrogens is 2. The summed E-state index contributed by atoms with van der Waals surface area (Å²) in [6, 6.07) is 10.8. The number of alkyl halides is 3. The van der Waals surface area contributed by atoms with Gasteiger partial charge in [-0.2, -0.15) is 13.2 Å². The van der Waals surface area contributed by atoms with Gasteiger partial charge in [0.05, 0.1) is 12.0 Å². The quantitative estimate of drug-likeness (QED) is 0.367. The zero-order valence-corrected chi connectivity index (χ0v) is 19.3. The van der Waals surface area contributed by atoms with Crippen molar-refractivity contribution < 1.29 is 32.0 Å². The Morgan fingerprint density at radius 3 is 2.42 bits per heavy atom. The molecule has 0 spiro atoms. The van der Waals surface area contributed by atoms with Gasteiger partial charge in [0.15, 0.2) is 6.54 Å². The van der Waals surface area contributed by atoms with Gasteiger partial charge in [-0.05, 0) is 49.7 Å². The Hall–Kier alpha value is -3.93. The van der Waals surface area contributed by atoms with Crippen LogP contribution < -0.4 is 25.9 Å². The van der Waals surface area contributed by atoms with Crippen LogP contribution in [0.1, 0.15) is 24.0 Å². The molecule has 12 heteroatoms. The molecule has 0 unspecified atom stereocenters. The number of carbonyl (C=O) groups is 2. The van der Waals surface area contributed by atoms with E-state index in [1.165, 1.54) is 12.3 Å². The molecule has 0 radical (unpaired) electrons. The summed E-state index contributed by atoms with van der Waals surface area (Å²) in [7, 11) is 0. The molecule has 2 heterocycles. The van der Waals surface area contributed by atoms with Crippen LogP contribution in [0.25, 0.3) is 0 Å². The molecule has 0 bridgehead atoms. The first-order chi connectivity index (χ1) is 17.2. The molecule has 1 fully saturated rings. The van der Waals surface area contributed by atoms with Crippen LogP contribution in [0.3, 0.4) is 0 Å². The molecule has 9 nitrogen and oxygen atoms in total. The van der Waals surface area contributed by atoms with Gasteiger partial charge in [0.1, 0.15) is 0 Å². The number of hydrogen-bond donors (Lipinski definition) is 4. The lowest BCUT2D eigenvalue weighted by Crippen LogP contribution is -2.42. The van der Waals surface area contributed by atoms with Crippen LogP contribution in [0.4, 0.5) is 35.2 Å². The number of amides is 3. The van der Waals surface area contributed by atoms with Crippen molar-refractivity contribution in [3.63, 3.8) is 0 Å². The number of anilines is 3. The number of rotatable bonds is 7. The fourth-order valence-electron chi connectivity index (χ4n) is 3.95. The molecule has 1 saturated heterocycles. The van der Waals surface area contributed by atoms with Crippen LogP contribution in [0.5, 0.6) is 0 Å². The average molecular weight is 504 g/mol. The van der Waals surface area contributed by atoms with E-state index in [-0.39, 0.29) is 23.7 Å². The average Bonchev–Trinajstić information content (AvgIpc) is 3.26. The summed E-state index contributed by atoms with van der Waals surface area (Å²) in [5.41, 5.74) is -0.557. The zero-order valence-electron chi connectivity index (χ0n) is 19.3. The highest BCUT2D eigenvalue weighted by molar-refractivity contribution is 6.00. The lowest BCUT2D eigenvalue weighted by atomic mass is 9.98. The SMILES string of the molecule is O=C(Cc1ccccc1)Nc1cc(NC(=O)Nc2c[n+](CC3CCNCC3)no2)cc(C(F)(F)F)c1. The summed E-state index contributed by atoms with van der Waals surface area (Å²) in [6.07, 6.45) is -1.17. The van der Waals surface area contributed by atoms with E-state index in [1.807, 2.05) is 0 Å². The van der Waals surface area contributed by atoms with Gasteiger partial charge in [0.25, 0.3) is 6.20 Å². The highest BCUT2D eigenvalue weighted by atomic mass is 19.4. The number of urea groups is 1. The van der Waals surface area contributed by atoms with Gasteiger partial charge >= 0.3 is 18.1 Å². The number of halogens is 3. The Kier molecular flexibility index (Phi) is 7.84.